The summed E-state index contributed by atoms with van der Waals surface area (Å²) in [7, 11) is 4.32. The minimum atomic E-state index is 0.609. The Hall–Kier alpha value is -0.800. The van der Waals surface area contributed by atoms with Crippen LogP contribution in [0.1, 0.15) is 5.56 Å². The first-order valence-corrected chi connectivity index (χ1v) is 6.39. The molecule has 0 radical (unpaired) electrons. The van der Waals surface area contributed by atoms with Gasteiger partial charge in [-0.25, -0.2) is 0 Å². The molecule has 0 aliphatic carbocycles. The molecule has 16 heavy (non-hydrogen) atoms. The van der Waals surface area contributed by atoms with Crippen molar-refractivity contribution in [3.63, 3.8) is 0 Å². The van der Waals surface area contributed by atoms with Crippen LogP contribution in [0.15, 0.2) is 28.9 Å². The number of hydrogen-bond donors (Lipinski definition) is 0. The largest absolute Gasteiger partial charge is 0.344 e. The molecular weight excluding hydrogens is 264 g/mol. The van der Waals surface area contributed by atoms with E-state index in [0.29, 0.717) is 6.04 Å². The van der Waals surface area contributed by atoms with Crippen molar-refractivity contribution in [3.8, 4) is 0 Å². The van der Waals surface area contributed by atoms with Crippen molar-refractivity contribution in [2.45, 2.75) is 19.0 Å². The molecule has 0 bridgehead atoms. The summed E-state index contributed by atoms with van der Waals surface area (Å²) in [6.07, 6.45) is 3.37. The van der Waals surface area contributed by atoms with E-state index in [2.05, 4.69) is 63.9 Å². The molecule has 0 fully saturated rings. The highest BCUT2D eigenvalue weighted by molar-refractivity contribution is 9.10. The third-order valence-corrected chi connectivity index (χ3v) is 4.16. The van der Waals surface area contributed by atoms with E-state index in [1.54, 1.807) is 0 Å². The van der Waals surface area contributed by atoms with Gasteiger partial charge in [0, 0.05) is 28.6 Å². The van der Waals surface area contributed by atoms with Crippen LogP contribution in [-0.4, -0.2) is 29.6 Å². The fourth-order valence-electron chi connectivity index (χ4n) is 2.59. The molecule has 0 spiro atoms. The third kappa shape index (κ3) is 1.42. The van der Waals surface area contributed by atoms with Crippen LogP contribution in [0, 0.1) is 0 Å². The summed E-state index contributed by atoms with van der Waals surface area (Å²) >= 11 is 3.64. The average Bonchev–Trinajstić information content (AvgIpc) is 2.58. The molecule has 0 amide bonds. The maximum Gasteiger partial charge on any atom is 0.0525 e. The topological polar surface area (TPSA) is 8.17 Å². The van der Waals surface area contributed by atoms with Gasteiger partial charge in [-0.1, -0.05) is 18.2 Å². The predicted molar refractivity (Wildman–Crippen MR) is 70.8 cm³/mol. The quantitative estimate of drug-likeness (QED) is 0.779. The van der Waals surface area contributed by atoms with Crippen LogP contribution >= 0.6 is 15.9 Å². The van der Waals surface area contributed by atoms with E-state index >= 15 is 0 Å². The molecular formula is C13H15BrN2. The van der Waals surface area contributed by atoms with E-state index in [4.69, 9.17) is 0 Å². The van der Waals surface area contributed by atoms with Crippen molar-refractivity contribution >= 4 is 26.8 Å². The van der Waals surface area contributed by atoms with Gasteiger partial charge in [-0.2, -0.15) is 0 Å². The van der Waals surface area contributed by atoms with Gasteiger partial charge in [0.25, 0.3) is 0 Å². The summed E-state index contributed by atoms with van der Waals surface area (Å²) in [6.45, 7) is 1.09. The molecule has 2 nitrogen and oxygen atoms in total. The van der Waals surface area contributed by atoms with Crippen molar-refractivity contribution in [1.29, 1.82) is 0 Å². The number of rotatable bonds is 1. The van der Waals surface area contributed by atoms with Crippen LogP contribution in [0.25, 0.3) is 10.9 Å². The van der Waals surface area contributed by atoms with Gasteiger partial charge in [0.15, 0.2) is 0 Å². The van der Waals surface area contributed by atoms with E-state index in [9.17, 15) is 0 Å². The Morgan fingerprint density at radius 3 is 2.94 bits per heavy atom. The van der Waals surface area contributed by atoms with E-state index in [0.717, 1.165) is 13.0 Å². The van der Waals surface area contributed by atoms with Gasteiger partial charge in [-0.3, -0.25) is 0 Å². The van der Waals surface area contributed by atoms with Gasteiger partial charge in [-0.15, -0.1) is 0 Å². The Bertz CT molecular complexity index is 542. The Balaban J connectivity index is 2.20. The molecule has 0 saturated heterocycles. The van der Waals surface area contributed by atoms with E-state index in [1.807, 2.05) is 0 Å². The van der Waals surface area contributed by atoms with Crippen LogP contribution in [0.4, 0.5) is 0 Å². The molecule has 1 unspecified atom stereocenters. The first-order valence-electron chi connectivity index (χ1n) is 5.59. The number of aromatic nitrogens is 1. The highest BCUT2D eigenvalue weighted by Crippen LogP contribution is 2.32. The van der Waals surface area contributed by atoms with Gasteiger partial charge >= 0.3 is 0 Å². The van der Waals surface area contributed by atoms with Crippen molar-refractivity contribution in [3.05, 3.63) is 34.4 Å². The predicted octanol–water partition coefficient (Wildman–Crippen LogP) is 2.89. The minimum absolute atomic E-state index is 0.609. The molecule has 1 aliphatic heterocycles. The molecule has 1 aliphatic rings. The lowest BCUT2D eigenvalue weighted by Crippen LogP contribution is -2.36. The molecule has 1 atom stereocenters. The van der Waals surface area contributed by atoms with Gasteiger partial charge < -0.3 is 9.47 Å². The van der Waals surface area contributed by atoms with Crippen LogP contribution in [0.3, 0.4) is 0 Å². The van der Waals surface area contributed by atoms with Gasteiger partial charge in [-0.05, 0) is 42.0 Å². The van der Waals surface area contributed by atoms with Crippen LogP contribution < -0.4 is 0 Å². The second-order valence-corrected chi connectivity index (χ2v) is 5.62. The summed E-state index contributed by atoms with van der Waals surface area (Å²) in [5, 5.41) is 1.34. The molecule has 3 heteroatoms. The van der Waals surface area contributed by atoms with E-state index in [-0.39, 0.29) is 0 Å². The third-order valence-electron chi connectivity index (χ3n) is 3.53. The molecule has 0 saturated carbocycles. The lowest BCUT2D eigenvalue weighted by Gasteiger charge is -2.29. The van der Waals surface area contributed by atoms with Crippen LogP contribution in [0.2, 0.25) is 0 Å². The molecule has 1 aromatic heterocycles. The summed E-state index contributed by atoms with van der Waals surface area (Å²) < 4.78 is 3.59. The lowest BCUT2D eigenvalue weighted by atomic mass is 9.99. The van der Waals surface area contributed by atoms with Gasteiger partial charge in [0.05, 0.1) is 5.52 Å². The zero-order valence-corrected chi connectivity index (χ0v) is 11.2. The lowest BCUT2D eigenvalue weighted by molar-refractivity contribution is 0.258. The highest BCUT2D eigenvalue weighted by Gasteiger charge is 2.22. The first-order chi connectivity index (χ1) is 7.66. The van der Waals surface area contributed by atoms with Gasteiger partial charge in [0.2, 0.25) is 0 Å². The minimum Gasteiger partial charge on any atom is -0.344 e. The number of hydrogen-bond acceptors (Lipinski definition) is 1. The standard InChI is InChI=1S/C13H15BrN2/c1-15(2)10-6-9-4-3-5-11-12(14)8-16(7-10)13(9)11/h3-5,8,10H,6-7H2,1-2H3. The SMILES string of the molecule is CN(C)C1Cc2cccc3c(Br)cn(c23)C1. The number of nitrogens with zero attached hydrogens (tertiary/aromatic N) is 2. The maximum atomic E-state index is 3.64. The summed E-state index contributed by atoms with van der Waals surface area (Å²) in [6, 6.07) is 7.21. The van der Waals surface area contributed by atoms with Crippen molar-refractivity contribution < 1.29 is 0 Å². The Morgan fingerprint density at radius 1 is 1.38 bits per heavy atom. The number of likely N-dealkylation sites (N-methyl/N-ethyl adjacent to an activating group) is 1. The number of halogens is 1. The van der Waals surface area contributed by atoms with Crippen LogP contribution in [-0.2, 0) is 13.0 Å². The Labute approximate surface area is 104 Å². The van der Waals surface area contributed by atoms with E-state index < -0.39 is 0 Å². The van der Waals surface area contributed by atoms with E-state index in [1.165, 1.54) is 20.9 Å². The van der Waals surface area contributed by atoms with Crippen molar-refractivity contribution in [2.75, 3.05) is 14.1 Å². The molecule has 84 valence electrons. The summed E-state index contributed by atoms with van der Waals surface area (Å²) in [5.74, 6) is 0. The Kier molecular flexibility index (Phi) is 2.33. The number of benzene rings is 1. The monoisotopic (exact) mass is 278 g/mol. The average molecular weight is 279 g/mol. The highest BCUT2D eigenvalue weighted by atomic mass is 79.9. The molecule has 2 heterocycles. The van der Waals surface area contributed by atoms with Gasteiger partial charge in [0.1, 0.15) is 0 Å². The second kappa shape index (κ2) is 3.60. The summed E-state index contributed by atoms with van der Waals surface area (Å²) in [4.78, 5) is 2.32. The van der Waals surface area contributed by atoms with Crippen molar-refractivity contribution in [2.24, 2.45) is 0 Å². The fraction of sp³-hybridized carbons (Fsp3) is 0.385. The maximum absolute atomic E-state index is 3.64. The smallest absolute Gasteiger partial charge is 0.0525 e. The van der Waals surface area contributed by atoms with Crippen LogP contribution in [0.5, 0.6) is 0 Å². The zero-order valence-electron chi connectivity index (χ0n) is 9.57. The van der Waals surface area contributed by atoms with Crippen molar-refractivity contribution in [1.82, 2.24) is 9.47 Å². The zero-order chi connectivity index (χ0) is 11.3. The molecule has 2 aromatic rings. The summed E-state index contributed by atoms with van der Waals surface area (Å²) in [5.41, 5.74) is 2.88. The molecule has 1 aromatic carbocycles. The Morgan fingerprint density at radius 2 is 2.19 bits per heavy atom. The first kappa shape index (κ1) is 10.4. The second-order valence-electron chi connectivity index (χ2n) is 4.76. The molecule has 0 N–H and O–H groups in total. The molecule has 3 rings (SSSR count). The number of para-hydroxylation sites is 1. The fourth-order valence-corrected chi connectivity index (χ4v) is 3.16. The normalized spacial score (nSPS) is 19.6.